The topological polar surface area (TPSA) is 114 Å². The third-order valence-corrected chi connectivity index (χ3v) is 4.00. The maximum atomic E-state index is 12.0. The quantitative estimate of drug-likeness (QED) is 0.679. The number of nitrogens with zero attached hydrogens (tertiary/aromatic N) is 1. The fourth-order valence-corrected chi connectivity index (χ4v) is 2.78. The van der Waals surface area contributed by atoms with Crippen LogP contribution in [-0.4, -0.2) is 32.4 Å². The first-order chi connectivity index (χ1) is 8.86. The van der Waals surface area contributed by atoms with Crippen molar-refractivity contribution < 1.29 is 13.2 Å². The molecular weight excluding hydrogens is 336 g/mol. The minimum absolute atomic E-state index is 0.121. The highest BCUT2D eigenvalue weighted by molar-refractivity contribution is 9.10. The molecule has 0 radical (unpaired) electrons. The number of nitrogen functional groups attached to an aromatic ring is 1. The molecule has 0 aromatic carbocycles. The van der Waals surface area contributed by atoms with Gasteiger partial charge in [-0.15, -0.1) is 0 Å². The van der Waals surface area contributed by atoms with Crippen LogP contribution in [0.5, 0.6) is 0 Å². The van der Waals surface area contributed by atoms with Gasteiger partial charge < -0.3 is 11.1 Å². The lowest BCUT2D eigenvalue weighted by atomic mass is 10.5. The molecule has 0 aliphatic heterocycles. The van der Waals surface area contributed by atoms with Crippen molar-refractivity contribution >= 4 is 37.7 Å². The average molecular weight is 351 g/mol. The Morgan fingerprint density at radius 2 is 2.21 bits per heavy atom. The Kier molecular flexibility index (Phi) is 5.70. The Morgan fingerprint density at radius 3 is 2.84 bits per heavy atom. The van der Waals surface area contributed by atoms with Crippen LogP contribution in [0.1, 0.15) is 13.3 Å². The van der Waals surface area contributed by atoms with E-state index in [1.54, 1.807) is 0 Å². The predicted molar refractivity (Wildman–Crippen MR) is 74.8 cm³/mol. The fraction of sp³-hybridized carbons (Fsp3) is 0.400. The van der Waals surface area contributed by atoms with Crippen molar-refractivity contribution in [3.05, 3.63) is 16.7 Å². The molecule has 19 heavy (non-hydrogen) atoms. The Labute approximate surface area is 120 Å². The molecule has 1 amide bonds. The van der Waals surface area contributed by atoms with Gasteiger partial charge in [-0.25, -0.2) is 18.1 Å². The molecule has 0 aliphatic carbocycles. The van der Waals surface area contributed by atoms with Gasteiger partial charge in [0.25, 0.3) is 0 Å². The van der Waals surface area contributed by atoms with Gasteiger partial charge in [-0.1, -0.05) is 6.92 Å². The molecule has 1 heterocycles. The van der Waals surface area contributed by atoms with Gasteiger partial charge in [0.05, 0.1) is 6.54 Å². The number of amides is 1. The lowest BCUT2D eigenvalue weighted by Gasteiger charge is -2.09. The normalized spacial score (nSPS) is 11.3. The molecule has 106 valence electrons. The van der Waals surface area contributed by atoms with Crippen molar-refractivity contribution in [2.75, 3.05) is 18.8 Å². The van der Waals surface area contributed by atoms with E-state index in [0.717, 1.165) is 6.42 Å². The summed E-state index contributed by atoms with van der Waals surface area (Å²) in [6, 6.07) is 1.33. The molecule has 0 spiro atoms. The van der Waals surface area contributed by atoms with E-state index in [4.69, 9.17) is 5.73 Å². The van der Waals surface area contributed by atoms with Gasteiger partial charge in [-0.3, -0.25) is 4.79 Å². The van der Waals surface area contributed by atoms with Crippen LogP contribution in [0.4, 0.5) is 5.82 Å². The summed E-state index contributed by atoms with van der Waals surface area (Å²) >= 11 is 3.11. The summed E-state index contributed by atoms with van der Waals surface area (Å²) in [5.74, 6) is -0.517. The summed E-state index contributed by atoms with van der Waals surface area (Å²) in [7, 11) is -3.86. The Bertz CT molecular complexity index is 562. The van der Waals surface area contributed by atoms with Crippen LogP contribution in [0.15, 0.2) is 21.6 Å². The van der Waals surface area contributed by atoms with E-state index in [0.29, 0.717) is 11.0 Å². The highest BCUT2D eigenvalue weighted by Gasteiger charge is 2.19. The van der Waals surface area contributed by atoms with Crippen molar-refractivity contribution in [3.8, 4) is 0 Å². The number of pyridine rings is 1. The first kappa shape index (κ1) is 15.9. The van der Waals surface area contributed by atoms with Crippen LogP contribution in [-0.2, 0) is 14.8 Å². The van der Waals surface area contributed by atoms with Crippen molar-refractivity contribution in [3.63, 3.8) is 0 Å². The van der Waals surface area contributed by atoms with Crippen LogP contribution in [0.25, 0.3) is 0 Å². The maximum Gasteiger partial charge on any atom is 0.244 e. The molecule has 1 aromatic rings. The second-order valence-corrected chi connectivity index (χ2v) is 6.36. The second-order valence-electron chi connectivity index (χ2n) is 3.71. The summed E-state index contributed by atoms with van der Waals surface area (Å²) in [5, 5.41) is 2.56. The number of halogens is 1. The SMILES string of the molecule is CCCNC(=O)CNS(=O)(=O)c1cc(Br)cnc1N. The molecule has 7 nitrogen and oxygen atoms in total. The number of hydrogen-bond donors (Lipinski definition) is 3. The molecule has 0 aliphatic rings. The minimum Gasteiger partial charge on any atom is -0.383 e. The number of hydrogen-bond acceptors (Lipinski definition) is 5. The third kappa shape index (κ3) is 4.77. The number of nitrogens with one attached hydrogen (secondary N) is 2. The maximum absolute atomic E-state index is 12.0. The van der Waals surface area contributed by atoms with Crippen LogP contribution in [0.3, 0.4) is 0 Å². The van der Waals surface area contributed by atoms with E-state index in [1.165, 1.54) is 12.3 Å². The van der Waals surface area contributed by atoms with E-state index in [-0.39, 0.29) is 17.3 Å². The first-order valence-corrected chi connectivity index (χ1v) is 7.82. The molecular formula is C10H15BrN4O3S. The third-order valence-electron chi connectivity index (χ3n) is 2.13. The van der Waals surface area contributed by atoms with Crippen molar-refractivity contribution in [1.29, 1.82) is 0 Å². The highest BCUT2D eigenvalue weighted by atomic mass is 79.9. The molecule has 4 N–H and O–H groups in total. The molecule has 0 fully saturated rings. The molecule has 1 rings (SSSR count). The summed E-state index contributed by atoms with van der Waals surface area (Å²) in [4.78, 5) is 14.9. The summed E-state index contributed by atoms with van der Waals surface area (Å²) in [6.45, 7) is 2.06. The number of aromatic nitrogens is 1. The summed E-state index contributed by atoms with van der Waals surface area (Å²) in [5.41, 5.74) is 5.51. The molecule has 1 aromatic heterocycles. The molecule has 0 unspecified atom stereocenters. The van der Waals surface area contributed by atoms with Gasteiger partial charge in [-0.2, -0.15) is 0 Å². The van der Waals surface area contributed by atoms with E-state index in [1.807, 2.05) is 6.92 Å². The fourth-order valence-electron chi connectivity index (χ4n) is 1.21. The van der Waals surface area contributed by atoms with Gasteiger partial charge >= 0.3 is 0 Å². The van der Waals surface area contributed by atoms with Crippen molar-refractivity contribution in [1.82, 2.24) is 15.0 Å². The minimum atomic E-state index is -3.86. The number of anilines is 1. The zero-order chi connectivity index (χ0) is 14.5. The molecule has 0 bridgehead atoms. The largest absolute Gasteiger partial charge is 0.383 e. The van der Waals surface area contributed by atoms with Gasteiger partial charge in [0.2, 0.25) is 15.9 Å². The zero-order valence-electron chi connectivity index (χ0n) is 10.3. The van der Waals surface area contributed by atoms with E-state index >= 15 is 0 Å². The Morgan fingerprint density at radius 1 is 1.53 bits per heavy atom. The number of carbonyl (C=O) groups is 1. The number of carbonyl (C=O) groups excluding carboxylic acids is 1. The number of rotatable bonds is 6. The van der Waals surface area contributed by atoms with Crippen LogP contribution < -0.4 is 15.8 Å². The standard InChI is InChI=1S/C10H15BrN4O3S/c1-2-3-13-9(16)6-15-19(17,18)8-4-7(11)5-14-10(8)12/h4-5,15H,2-3,6H2,1H3,(H2,12,14)(H,13,16). The van der Waals surface area contributed by atoms with E-state index < -0.39 is 15.9 Å². The highest BCUT2D eigenvalue weighted by Crippen LogP contribution is 2.19. The van der Waals surface area contributed by atoms with Crippen molar-refractivity contribution in [2.24, 2.45) is 0 Å². The number of sulfonamides is 1. The second kappa shape index (κ2) is 6.83. The predicted octanol–water partition coefficient (Wildman–Crippen LogP) is 0.231. The number of nitrogens with two attached hydrogens (primary N) is 1. The van der Waals surface area contributed by atoms with E-state index in [9.17, 15) is 13.2 Å². The molecule has 0 atom stereocenters. The van der Waals surface area contributed by atoms with Crippen LogP contribution in [0.2, 0.25) is 0 Å². The molecule has 0 saturated heterocycles. The zero-order valence-corrected chi connectivity index (χ0v) is 12.7. The first-order valence-electron chi connectivity index (χ1n) is 5.54. The van der Waals surface area contributed by atoms with Gasteiger partial charge in [0.1, 0.15) is 10.7 Å². The summed E-state index contributed by atoms with van der Waals surface area (Å²) in [6.07, 6.45) is 2.17. The smallest absolute Gasteiger partial charge is 0.244 e. The summed E-state index contributed by atoms with van der Waals surface area (Å²) < 4.78 is 26.6. The average Bonchev–Trinajstić information content (AvgIpc) is 2.36. The molecule has 0 saturated carbocycles. The van der Waals surface area contributed by atoms with Crippen LogP contribution >= 0.6 is 15.9 Å². The van der Waals surface area contributed by atoms with Gasteiger partial charge in [0.15, 0.2) is 0 Å². The molecule has 9 heteroatoms. The monoisotopic (exact) mass is 350 g/mol. The van der Waals surface area contributed by atoms with E-state index in [2.05, 4.69) is 31.0 Å². The lowest BCUT2D eigenvalue weighted by molar-refractivity contribution is -0.119. The van der Waals surface area contributed by atoms with Gasteiger partial charge in [0, 0.05) is 17.2 Å². The Balaban J connectivity index is 2.76. The Hall–Kier alpha value is -1.19. The van der Waals surface area contributed by atoms with Crippen LogP contribution in [0, 0.1) is 0 Å². The lowest BCUT2D eigenvalue weighted by Crippen LogP contribution is -2.37. The van der Waals surface area contributed by atoms with Gasteiger partial charge in [-0.05, 0) is 28.4 Å². The van der Waals surface area contributed by atoms with Crippen molar-refractivity contribution in [2.45, 2.75) is 18.2 Å².